The van der Waals surface area contributed by atoms with Crippen LogP contribution in [0.1, 0.15) is 11.1 Å². The number of benzene rings is 2. The summed E-state index contributed by atoms with van der Waals surface area (Å²) in [6, 6.07) is 11.6. The van der Waals surface area contributed by atoms with E-state index in [0.717, 1.165) is 5.56 Å². The fourth-order valence-electron chi connectivity index (χ4n) is 2.05. The van der Waals surface area contributed by atoms with Gasteiger partial charge in [0.05, 0.1) is 5.02 Å². The van der Waals surface area contributed by atoms with Crippen LogP contribution in [0.5, 0.6) is 5.75 Å². The Hall–Kier alpha value is -1.58. The maximum Gasteiger partial charge on any atom is 0.145 e. The fourth-order valence-corrected chi connectivity index (χ4v) is 2.24. The summed E-state index contributed by atoms with van der Waals surface area (Å²) >= 11 is 5.73. The van der Waals surface area contributed by atoms with Gasteiger partial charge < -0.3 is 10.8 Å². The van der Waals surface area contributed by atoms with Gasteiger partial charge >= 0.3 is 0 Å². The molecular weight excluding hydrogens is 265 g/mol. The van der Waals surface area contributed by atoms with Crippen molar-refractivity contribution >= 4 is 11.6 Å². The van der Waals surface area contributed by atoms with Gasteiger partial charge in [0.1, 0.15) is 11.6 Å². The molecule has 100 valence electrons. The lowest BCUT2D eigenvalue weighted by Gasteiger charge is -2.13. The fraction of sp³-hybridized carbons (Fsp3) is 0.200. The smallest absolute Gasteiger partial charge is 0.145 e. The third kappa shape index (κ3) is 3.69. The van der Waals surface area contributed by atoms with E-state index < -0.39 is 5.82 Å². The molecule has 4 heteroatoms. The summed E-state index contributed by atoms with van der Waals surface area (Å²) in [6.45, 7) is 0. The average molecular weight is 280 g/mol. The molecule has 0 aliphatic heterocycles. The molecule has 19 heavy (non-hydrogen) atoms. The van der Waals surface area contributed by atoms with Gasteiger partial charge in [-0.25, -0.2) is 4.39 Å². The predicted molar refractivity (Wildman–Crippen MR) is 74.9 cm³/mol. The van der Waals surface area contributed by atoms with Gasteiger partial charge in [-0.15, -0.1) is 0 Å². The number of aromatic hydroxyl groups is 1. The second-order valence-electron chi connectivity index (χ2n) is 4.55. The molecule has 1 unspecified atom stereocenters. The number of phenols is 1. The van der Waals surface area contributed by atoms with Crippen molar-refractivity contribution in [2.75, 3.05) is 0 Å². The van der Waals surface area contributed by atoms with E-state index in [1.807, 2.05) is 6.07 Å². The number of rotatable bonds is 4. The molecule has 0 aliphatic rings. The number of hydrogen-bond donors (Lipinski definition) is 2. The molecular formula is C15H15ClFNO. The summed E-state index contributed by atoms with van der Waals surface area (Å²) in [7, 11) is 0. The zero-order valence-corrected chi connectivity index (χ0v) is 11.1. The Morgan fingerprint density at radius 3 is 2.63 bits per heavy atom. The molecule has 0 spiro atoms. The molecule has 0 aromatic heterocycles. The minimum Gasteiger partial charge on any atom is -0.508 e. The van der Waals surface area contributed by atoms with Crippen LogP contribution in [0.15, 0.2) is 42.5 Å². The Balaban J connectivity index is 2.05. The highest BCUT2D eigenvalue weighted by Gasteiger charge is 2.11. The lowest BCUT2D eigenvalue weighted by Crippen LogP contribution is -2.26. The summed E-state index contributed by atoms with van der Waals surface area (Å²) in [5.41, 5.74) is 7.46. The maximum absolute atomic E-state index is 13.7. The standard InChI is InChI=1S/C15H15ClFNO/c16-14-6-2-4-11(15(14)17)9-12(18)7-10-3-1-5-13(19)8-10/h1-6,8,12,19H,7,9,18H2. The number of phenolic OH excluding ortho intramolecular Hbond substituents is 1. The zero-order chi connectivity index (χ0) is 13.8. The molecule has 0 fully saturated rings. The van der Waals surface area contributed by atoms with Gasteiger partial charge in [0.25, 0.3) is 0 Å². The van der Waals surface area contributed by atoms with Crippen molar-refractivity contribution in [1.29, 1.82) is 0 Å². The Labute approximate surface area is 116 Å². The first kappa shape index (κ1) is 13.8. The van der Waals surface area contributed by atoms with Gasteiger partial charge in [0.2, 0.25) is 0 Å². The highest BCUT2D eigenvalue weighted by atomic mass is 35.5. The van der Waals surface area contributed by atoms with Gasteiger partial charge in [0.15, 0.2) is 0 Å². The van der Waals surface area contributed by atoms with E-state index >= 15 is 0 Å². The number of halogens is 2. The van der Waals surface area contributed by atoms with Crippen LogP contribution in [0.25, 0.3) is 0 Å². The summed E-state index contributed by atoms with van der Waals surface area (Å²) in [5.74, 6) is -0.200. The molecule has 0 aliphatic carbocycles. The quantitative estimate of drug-likeness (QED) is 0.902. The Morgan fingerprint density at radius 2 is 1.89 bits per heavy atom. The third-order valence-electron chi connectivity index (χ3n) is 2.92. The van der Waals surface area contributed by atoms with Crippen LogP contribution >= 0.6 is 11.6 Å². The lowest BCUT2D eigenvalue weighted by molar-refractivity contribution is 0.474. The summed E-state index contributed by atoms with van der Waals surface area (Å²) in [6.07, 6.45) is 0.975. The Kier molecular flexibility index (Phi) is 4.40. The molecule has 2 aromatic carbocycles. The van der Waals surface area contributed by atoms with Crippen molar-refractivity contribution < 1.29 is 9.50 Å². The van der Waals surface area contributed by atoms with Gasteiger partial charge in [-0.2, -0.15) is 0 Å². The molecule has 0 saturated heterocycles. The van der Waals surface area contributed by atoms with Crippen molar-refractivity contribution in [1.82, 2.24) is 0 Å². The lowest BCUT2D eigenvalue weighted by atomic mass is 9.99. The van der Waals surface area contributed by atoms with E-state index in [1.165, 1.54) is 6.07 Å². The topological polar surface area (TPSA) is 46.2 Å². The van der Waals surface area contributed by atoms with E-state index in [2.05, 4.69) is 0 Å². The maximum atomic E-state index is 13.7. The van der Waals surface area contributed by atoms with E-state index in [-0.39, 0.29) is 16.8 Å². The molecule has 2 aromatic rings. The molecule has 2 rings (SSSR count). The second-order valence-corrected chi connectivity index (χ2v) is 4.96. The average Bonchev–Trinajstić information content (AvgIpc) is 2.35. The normalized spacial score (nSPS) is 12.4. The van der Waals surface area contributed by atoms with Crippen LogP contribution in [0, 0.1) is 5.82 Å². The van der Waals surface area contributed by atoms with E-state index in [9.17, 15) is 9.50 Å². The van der Waals surface area contributed by atoms with Crippen molar-refractivity contribution in [3.05, 3.63) is 64.4 Å². The van der Waals surface area contributed by atoms with E-state index in [1.54, 1.807) is 30.3 Å². The summed E-state index contributed by atoms with van der Waals surface area (Å²) in [5, 5.41) is 9.49. The van der Waals surface area contributed by atoms with Gasteiger partial charge in [-0.3, -0.25) is 0 Å². The molecule has 0 saturated carbocycles. The molecule has 0 bridgehead atoms. The molecule has 0 radical (unpaired) electrons. The summed E-state index contributed by atoms with van der Waals surface area (Å²) < 4.78 is 13.7. The first-order chi connectivity index (χ1) is 9.06. The van der Waals surface area contributed by atoms with Crippen LogP contribution < -0.4 is 5.73 Å². The van der Waals surface area contributed by atoms with Gasteiger partial charge in [-0.05, 0) is 42.2 Å². The van der Waals surface area contributed by atoms with Crippen molar-refractivity contribution in [2.24, 2.45) is 5.73 Å². The first-order valence-electron chi connectivity index (χ1n) is 6.02. The highest BCUT2D eigenvalue weighted by Crippen LogP contribution is 2.20. The van der Waals surface area contributed by atoms with Crippen molar-refractivity contribution in [3.8, 4) is 5.75 Å². The monoisotopic (exact) mass is 279 g/mol. The second kappa shape index (κ2) is 6.04. The zero-order valence-electron chi connectivity index (χ0n) is 10.3. The Morgan fingerprint density at radius 1 is 1.16 bits per heavy atom. The molecule has 2 nitrogen and oxygen atoms in total. The minimum absolute atomic E-state index is 0.113. The molecule has 1 atom stereocenters. The third-order valence-corrected chi connectivity index (χ3v) is 3.21. The first-order valence-corrected chi connectivity index (χ1v) is 6.40. The number of nitrogens with two attached hydrogens (primary N) is 1. The SMILES string of the molecule is NC(Cc1cccc(O)c1)Cc1cccc(Cl)c1F. The highest BCUT2D eigenvalue weighted by molar-refractivity contribution is 6.30. The predicted octanol–water partition coefficient (Wildman–Crippen LogP) is 3.30. The van der Waals surface area contributed by atoms with Gasteiger partial charge in [0, 0.05) is 6.04 Å². The van der Waals surface area contributed by atoms with Crippen LogP contribution in [0.2, 0.25) is 5.02 Å². The number of hydrogen-bond acceptors (Lipinski definition) is 2. The molecule has 0 amide bonds. The van der Waals surface area contributed by atoms with E-state index in [4.69, 9.17) is 17.3 Å². The minimum atomic E-state index is -0.407. The van der Waals surface area contributed by atoms with Crippen LogP contribution in [0.3, 0.4) is 0 Å². The van der Waals surface area contributed by atoms with Crippen LogP contribution in [0.4, 0.5) is 4.39 Å². The molecule has 3 N–H and O–H groups in total. The summed E-state index contributed by atoms with van der Waals surface area (Å²) in [4.78, 5) is 0. The van der Waals surface area contributed by atoms with Gasteiger partial charge in [-0.1, -0.05) is 35.9 Å². The van der Waals surface area contributed by atoms with Crippen molar-refractivity contribution in [2.45, 2.75) is 18.9 Å². The van der Waals surface area contributed by atoms with Crippen LogP contribution in [-0.4, -0.2) is 11.1 Å². The van der Waals surface area contributed by atoms with Crippen molar-refractivity contribution in [3.63, 3.8) is 0 Å². The largest absolute Gasteiger partial charge is 0.508 e. The Bertz CT molecular complexity index is 574. The molecule has 0 heterocycles. The van der Waals surface area contributed by atoms with E-state index in [0.29, 0.717) is 18.4 Å². The van der Waals surface area contributed by atoms with Crippen LogP contribution in [-0.2, 0) is 12.8 Å².